The van der Waals surface area contributed by atoms with Crippen molar-refractivity contribution in [3.05, 3.63) is 87.6 Å². The topological polar surface area (TPSA) is 66.8 Å². The van der Waals surface area contributed by atoms with Crippen LogP contribution in [0.2, 0.25) is 0 Å². The van der Waals surface area contributed by atoms with E-state index in [1.54, 1.807) is 41.8 Å². The van der Waals surface area contributed by atoms with E-state index in [9.17, 15) is 23.5 Å². The first-order chi connectivity index (χ1) is 15.3. The Labute approximate surface area is 187 Å². The van der Waals surface area contributed by atoms with Gasteiger partial charge in [0, 0.05) is 16.5 Å². The fourth-order valence-corrected chi connectivity index (χ4v) is 4.44. The molecule has 1 unspecified atom stereocenters. The highest BCUT2D eigenvalue weighted by atomic mass is 32.1. The number of hydrogen-bond acceptors (Lipinski definition) is 5. The van der Waals surface area contributed by atoms with Crippen molar-refractivity contribution in [3.8, 4) is 5.75 Å². The second-order valence-electron chi connectivity index (χ2n) is 7.47. The lowest BCUT2D eigenvalue weighted by atomic mass is 9.99. The number of anilines is 1. The molecule has 2 heterocycles. The highest BCUT2D eigenvalue weighted by Crippen LogP contribution is 2.44. The van der Waals surface area contributed by atoms with Gasteiger partial charge in [0.15, 0.2) is 0 Å². The van der Waals surface area contributed by atoms with Gasteiger partial charge in [-0.25, -0.2) is 8.78 Å². The number of ketones is 1. The predicted octanol–water partition coefficient (Wildman–Crippen LogP) is 5.44. The first kappa shape index (κ1) is 21.7. The number of amides is 1. The van der Waals surface area contributed by atoms with E-state index < -0.39 is 35.1 Å². The standard InChI is InChI=1S/C24H19F2NO4S/c1-13(2)31-16-6-3-5-14(11-16)22(28)20-21(19-7-4-10-32-19)27(24(30)23(20)29)18-12-15(25)8-9-17(18)26/h3-13,21,28H,1-2H3/b22-20-. The number of Topliss-reactive ketones (excluding diaryl/α,β-unsaturated/α-hetero) is 1. The fourth-order valence-electron chi connectivity index (χ4n) is 3.61. The number of rotatable bonds is 5. The van der Waals surface area contributed by atoms with Crippen molar-refractivity contribution in [1.29, 1.82) is 0 Å². The summed E-state index contributed by atoms with van der Waals surface area (Å²) in [5.41, 5.74) is -0.313. The summed E-state index contributed by atoms with van der Waals surface area (Å²) >= 11 is 1.23. The monoisotopic (exact) mass is 455 g/mol. The Kier molecular flexibility index (Phi) is 5.80. The van der Waals surface area contributed by atoms with E-state index >= 15 is 0 Å². The Balaban J connectivity index is 1.90. The van der Waals surface area contributed by atoms with Gasteiger partial charge in [0.1, 0.15) is 29.2 Å². The molecule has 0 spiro atoms. The SMILES string of the molecule is CC(C)Oc1cccc(/C(O)=C2/C(=O)C(=O)N(c3cc(F)ccc3F)C2c2cccs2)c1. The van der Waals surface area contributed by atoms with Crippen molar-refractivity contribution < 1.29 is 28.2 Å². The number of carbonyl (C=O) groups is 2. The van der Waals surface area contributed by atoms with Crippen LogP contribution >= 0.6 is 11.3 Å². The highest BCUT2D eigenvalue weighted by Gasteiger charge is 2.48. The Bertz CT molecular complexity index is 1220. The molecule has 5 nitrogen and oxygen atoms in total. The van der Waals surface area contributed by atoms with E-state index in [1.807, 2.05) is 13.8 Å². The third-order valence-electron chi connectivity index (χ3n) is 4.90. The third kappa shape index (κ3) is 3.89. The molecule has 0 saturated carbocycles. The second-order valence-corrected chi connectivity index (χ2v) is 8.45. The second kappa shape index (κ2) is 8.55. The van der Waals surface area contributed by atoms with Gasteiger partial charge in [0.25, 0.3) is 11.7 Å². The molecular weight excluding hydrogens is 436 g/mol. The van der Waals surface area contributed by atoms with Crippen LogP contribution in [-0.4, -0.2) is 22.9 Å². The van der Waals surface area contributed by atoms with Crippen LogP contribution in [-0.2, 0) is 9.59 Å². The van der Waals surface area contributed by atoms with Crippen LogP contribution in [0.3, 0.4) is 0 Å². The van der Waals surface area contributed by atoms with Crippen LogP contribution in [0.1, 0.15) is 30.3 Å². The number of nitrogens with zero attached hydrogens (tertiary/aromatic N) is 1. The minimum atomic E-state index is -1.11. The van der Waals surface area contributed by atoms with E-state index in [2.05, 4.69) is 0 Å². The largest absolute Gasteiger partial charge is 0.507 e. The van der Waals surface area contributed by atoms with Crippen molar-refractivity contribution in [3.63, 3.8) is 0 Å². The zero-order valence-corrected chi connectivity index (χ0v) is 18.0. The molecule has 0 bridgehead atoms. The quantitative estimate of drug-likeness (QED) is 0.316. The number of carbonyl (C=O) groups excluding carboxylic acids is 2. The van der Waals surface area contributed by atoms with Gasteiger partial charge in [-0.1, -0.05) is 18.2 Å². The first-order valence-corrected chi connectivity index (χ1v) is 10.7. The van der Waals surface area contributed by atoms with Gasteiger partial charge in [0.05, 0.1) is 17.4 Å². The van der Waals surface area contributed by atoms with Crippen LogP contribution in [0.5, 0.6) is 5.75 Å². The van der Waals surface area contributed by atoms with Crippen LogP contribution < -0.4 is 9.64 Å². The number of aliphatic hydroxyl groups is 1. The molecule has 2 aromatic carbocycles. The summed E-state index contributed by atoms with van der Waals surface area (Å²) in [6.07, 6.45) is -0.111. The molecule has 4 rings (SSSR count). The number of benzene rings is 2. The van der Waals surface area contributed by atoms with Gasteiger partial charge in [-0.15, -0.1) is 11.3 Å². The van der Waals surface area contributed by atoms with Gasteiger partial charge in [-0.05, 0) is 49.6 Å². The molecular formula is C24H19F2NO4S. The smallest absolute Gasteiger partial charge is 0.300 e. The maximum absolute atomic E-state index is 14.6. The molecule has 1 aliphatic rings. The van der Waals surface area contributed by atoms with Crippen LogP contribution in [0.25, 0.3) is 5.76 Å². The predicted molar refractivity (Wildman–Crippen MR) is 118 cm³/mol. The van der Waals surface area contributed by atoms with E-state index in [1.165, 1.54) is 11.3 Å². The summed E-state index contributed by atoms with van der Waals surface area (Å²) in [7, 11) is 0. The molecule has 1 aromatic heterocycles. The molecule has 1 aliphatic heterocycles. The molecule has 32 heavy (non-hydrogen) atoms. The van der Waals surface area contributed by atoms with Crippen molar-refractivity contribution in [2.24, 2.45) is 0 Å². The molecule has 1 fully saturated rings. The van der Waals surface area contributed by atoms with Gasteiger partial charge in [-0.3, -0.25) is 14.5 Å². The summed E-state index contributed by atoms with van der Waals surface area (Å²) < 4.78 is 34.1. The maximum atomic E-state index is 14.6. The van der Waals surface area contributed by atoms with Crippen molar-refractivity contribution >= 4 is 34.5 Å². The minimum absolute atomic E-state index is 0.111. The Morgan fingerprint density at radius 2 is 1.88 bits per heavy atom. The Morgan fingerprint density at radius 3 is 2.56 bits per heavy atom. The van der Waals surface area contributed by atoms with Crippen molar-refractivity contribution in [2.45, 2.75) is 26.0 Å². The van der Waals surface area contributed by atoms with Crippen LogP contribution in [0.4, 0.5) is 14.5 Å². The Hall–Kier alpha value is -3.52. The number of halogens is 2. The lowest BCUT2D eigenvalue weighted by Crippen LogP contribution is -2.30. The summed E-state index contributed by atoms with van der Waals surface area (Å²) in [6.45, 7) is 3.70. The molecule has 1 N–H and O–H groups in total. The molecule has 1 saturated heterocycles. The molecule has 8 heteroatoms. The number of hydrogen-bond donors (Lipinski definition) is 1. The van der Waals surface area contributed by atoms with Gasteiger partial charge in [-0.2, -0.15) is 0 Å². The number of ether oxygens (including phenoxy) is 1. The zero-order valence-electron chi connectivity index (χ0n) is 17.2. The van der Waals surface area contributed by atoms with Crippen molar-refractivity contribution in [1.82, 2.24) is 0 Å². The average Bonchev–Trinajstić information content (AvgIpc) is 3.36. The summed E-state index contributed by atoms with van der Waals surface area (Å²) in [4.78, 5) is 27.4. The van der Waals surface area contributed by atoms with Gasteiger partial charge in [0.2, 0.25) is 0 Å². The molecule has 1 atom stereocenters. The summed E-state index contributed by atoms with van der Waals surface area (Å²) in [5, 5.41) is 12.8. The first-order valence-electron chi connectivity index (χ1n) is 9.84. The van der Waals surface area contributed by atoms with Crippen LogP contribution in [0.15, 0.2) is 65.6 Å². The van der Waals surface area contributed by atoms with E-state index in [0.29, 0.717) is 10.6 Å². The fraction of sp³-hybridized carbons (Fsp3) is 0.167. The maximum Gasteiger partial charge on any atom is 0.300 e. The number of thiophene rings is 1. The van der Waals surface area contributed by atoms with Gasteiger partial charge >= 0.3 is 0 Å². The summed E-state index contributed by atoms with van der Waals surface area (Å²) in [6, 6.07) is 11.4. The van der Waals surface area contributed by atoms with E-state index in [4.69, 9.17) is 4.74 Å². The minimum Gasteiger partial charge on any atom is -0.507 e. The summed E-state index contributed by atoms with van der Waals surface area (Å²) in [5.74, 6) is -3.60. The van der Waals surface area contributed by atoms with Crippen LogP contribution in [0, 0.1) is 11.6 Å². The zero-order chi connectivity index (χ0) is 23.0. The molecule has 3 aromatic rings. The molecule has 0 aliphatic carbocycles. The molecule has 1 amide bonds. The highest BCUT2D eigenvalue weighted by molar-refractivity contribution is 7.10. The average molecular weight is 455 g/mol. The normalized spacial score (nSPS) is 17.9. The lowest BCUT2D eigenvalue weighted by molar-refractivity contribution is -0.132. The van der Waals surface area contributed by atoms with E-state index in [-0.39, 0.29) is 22.9 Å². The number of aliphatic hydroxyl groups excluding tert-OH is 1. The molecule has 0 radical (unpaired) electrons. The third-order valence-corrected chi connectivity index (χ3v) is 5.83. The van der Waals surface area contributed by atoms with E-state index in [0.717, 1.165) is 23.1 Å². The Morgan fingerprint density at radius 1 is 1.09 bits per heavy atom. The van der Waals surface area contributed by atoms with Gasteiger partial charge < -0.3 is 9.84 Å². The molecule has 164 valence electrons. The lowest BCUT2D eigenvalue weighted by Gasteiger charge is -2.24. The van der Waals surface area contributed by atoms with Crippen molar-refractivity contribution in [2.75, 3.05) is 4.90 Å².